The summed E-state index contributed by atoms with van der Waals surface area (Å²) in [5.41, 5.74) is 0. The Bertz CT molecular complexity index is 410. The van der Waals surface area contributed by atoms with Crippen molar-refractivity contribution in [3.8, 4) is 0 Å². The highest BCUT2D eigenvalue weighted by molar-refractivity contribution is 5.88. The van der Waals surface area contributed by atoms with Crippen molar-refractivity contribution in [1.82, 2.24) is 4.90 Å². The summed E-state index contributed by atoms with van der Waals surface area (Å²) in [6.45, 7) is 2.48. The fraction of sp³-hybridized carbons (Fsp3) is 0.769. The van der Waals surface area contributed by atoms with Crippen LogP contribution in [0.1, 0.15) is 32.6 Å². The molecule has 0 spiro atoms. The van der Waals surface area contributed by atoms with E-state index in [9.17, 15) is 14.4 Å². The fourth-order valence-electron chi connectivity index (χ4n) is 2.70. The van der Waals surface area contributed by atoms with Gasteiger partial charge in [-0.15, -0.1) is 0 Å². The molecule has 1 amide bonds. The Kier molecular flexibility index (Phi) is 4.59. The number of likely N-dealkylation sites (tertiary alicyclic amines) is 1. The van der Waals surface area contributed by atoms with Crippen molar-refractivity contribution >= 4 is 17.8 Å². The molecule has 0 saturated carbocycles. The smallest absolute Gasteiger partial charge is 0.332 e. The van der Waals surface area contributed by atoms with Crippen LogP contribution in [0.4, 0.5) is 0 Å². The largest absolute Gasteiger partial charge is 0.479 e. The van der Waals surface area contributed by atoms with Crippen LogP contribution >= 0.6 is 0 Å². The number of carbonyl (C=O) groups is 3. The summed E-state index contributed by atoms with van der Waals surface area (Å²) < 4.78 is 10.2. The van der Waals surface area contributed by atoms with Gasteiger partial charge in [-0.3, -0.25) is 4.79 Å². The lowest BCUT2D eigenvalue weighted by Gasteiger charge is -2.25. The average molecular weight is 285 g/mol. The molecule has 0 bridgehead atoms. The molecule has 0 aromatic carbocycles. The summed E-state index contributed by atoms with van der Waals surface area (Å²) >= 11 is 0. The first-order valence-electron chi connectivity index (χ1n) is 6.90. The molecule has 1 unspecified atom stereocenters. The maximum Gasteiger partial charge on any atom is 0.332 e. The van der Waals surface area contributed by atoms with Crippen LogP contribution in [0.2, 0.25) is 0 Å². The third-order valence-electron chi connectivity index (χ3n) is 3.67. The number of ether oxygens (including phenoxy) is 2. The van der Waals surface area contributed by atoms with E-state index in [1.807, 2.05) is 0 Å². The Morgan fingerprint density at radius 1 is 1.25 bits per heavy atom. The number of aliphatic carboxylic acids is 1. The van der Waals surface area contributed by atoms with Crippen molar-refractivity contribution in [2.24, 2.45) is 0 Å². The summed E-state index contributed by atoms with van der Waals surface area (Å²) in [6.07, 6.45) is 0.342. The number of esters is 1. The molecule has 2 rings (SSSR count). The minimum Gasteiger partial charge on any atom is -0.479 e. The summed E-state index contributed by atoms with van der Waals surface area (Å²) in [7, 11) is 0. The molecule has 2 aliphatic rings. The Balaban J connectivity index is 1.98. The summed E-state index contributed by atoms with van der Waals surface area (Å²) in [5.74, 6) is -1.75. The van der Waals surface area contributed by atoms with Gasteiger partial charge in [0.05, 0.1) is 6.61 Å². The number of carboxylic acid groups (broad SMARTS) is 1. The van der Waals surface area contributed by atoms with Crippen LogP contribution in [0.25, 0.3) is 0 Å². The van der Waals surface area contributed by atoms with Crippen LogP contribution < -0.4 is 0 Å². The molecule has 7 heteroatoms. The van der Waals surface area contributed by atoms with Gasteiger partial charge >= 0.3 is 11.9 Å². The zero-order valence-corrected chi connectivity index (χ0v) is 11.4. The molecule has 2 fully saturated rings. The molecule has 0 radical (unpaired) electrons. The zero-order valence-electron chi connectivity index (χ0n) is 11.4. The van der Waals surface area contributed by atoms with Crippen molar-refractivity contribution in [1.29, 1.82) is 0 Å². The molecular weight excluding hydrogens is 266 g/mol. The molecule has 0 aromatic rings. The van der Waals surface area contributed by atoms with Crippen molar-refractivity contribution in [2.75, 3.05) is 13.2 Å². The van der Waals surface area contributed by atoms with Crippen LogP contribution in [0, 0.1) is 0 Å². The topological polar surface area (TPSA) is 93.1 Å². The number of carboxylic acids is 1. The van der Waals surface area contributed by atoms with Gasteiger partial charge in [0.2, 0.25) is 0 Å². The molecule has 0 aromatic heterocycles. The molecular formula is C13H19NO6. The van der Waals surface area contributed by atoms with Gasteiger partial charge in [0.25, 0.3) is 5.91 Å². The highest BCUT2D eigenvalue weighted by Gasteiger charge is 2.42. The average Bonchev–Trinajstić information content (AvgIpc) is 3.07. The van der Waals surface area contributed by atoms with E-state index in [2.05, 4.69) is 0 Å². The van der Waals surface area contributed by atoms with E-state index in [0.717, 1.165) is 6.42 Å². The number of nitrogens with zero attached hydrogens (tertiary/aromatic N) is 1. The van der Waals surface area contributed by atoms with Crippen LogP contribution in [0.15, 0.2) is 0 Å². The molecule has 0 aliphatic carbocycles. The number of rotatable bonds is 4. The third kappa shape index (κ3) is 2.92. The van der Waals surface area contributed by atoms with Gasteiger partial charge in [-0.2, -0.15) is 0 Å². The normalized spacial score (nSPS) is 29.4. The van der Waals surface area contributed by atoms with Gasteiger partial charge in [-0.05, 0) is 32.6 Å². The van der Waals surface area contributed by atoms with Gasteiger partial charge in [-0.25, -0.2) is 9.59 Å². The number of amides is 1. The lowest BCUT2D eigenvalue weighted by Crippen LogP contribution is -2.46. The second-order valence-corrected chi connectivity index (χ2v) is 4.97. The molecule has 112 valence electrons. The first-order chi connectivity index (χ1) is 9.54. The second-order valence-electron chi connectivity index (χ2n) is 4.97. The first-order valence-corrected chi connectivity index (χ1v) is 6.90. The number of hydrogen-bond donors (Lipinski definition) is 1. The molecule has 3 atom stereocenters. The molecule has 2 saturated heterocycles. The predicted molar refractivity (Wildman–Crippen MR) is 66.9 cm³/mol. The molecule has 2 aliphatic heterocycles. The van der Waals surface area contributed by atoms with E-state index in [-0.39, 0.29) is 12.5 Å². The molecule has 20 heavy (non-hydrogen) atoms. The van der Waals surface area contributed by atoms with Gasteiger partial charge in [0, 0.05) is 6.54 Å². The lowest BCUT2D eigenvalue weighted by atomic mass is 10.1. The van der Waals surface area contributed by atoms with Gasteiger partial charge in [-0.1, -0.05) is 0 Å². The number of carbonyl (C=O) groups excluding carboxylic acids is 2. The van der Waals surface area contributed by atoms with Crippen LogP contribution in [-0.2, 0) is 23.9 Å². The van der Waals surface area contributed by atoms with Crippen LogP contribution in [0.3, 0.4) is 0 Å². The lowest BCUT2D eigenvalue weighted by molar-refractivity contribution is -0.160. The predicted octanol–water partition coefficient (Wildman–Crippen LogP) is 0.173. The van der Waals surface area contributed by atoms with E-state index in [1.165, 1.54) is 4.90 Å². The Hall–Kier alpha value is -1.63. The quantitative estimate of drug-likeness (QED) is 0.740. The summed E-state index contributed by atoms with van der Waals surface area (Å²) in [5, 5.41) is 8.86. The fourth-order valence-corrected chi connectivity index (χ4v) is 2.70. The zero-order chi connectivity index (χ0) is 14.7. The second kappa shape index (κ2) is 6.21. The van der Waals surface area contributed by atoms with Crippen molar-refractivity contribution in [3.63, 3.8) is 0 Å². The van der Waals surface area contributed by atoms with Gasteiger partial charge in [0.1, 0.15) is 12.1 Å². The molecule has 1 N–H and O–H groups in total. The maximum atomic E-state index is 12.3. The van der Waals surface area contributed by atoms with Gasteiger partial charge < -0.3 is 19.5 Å². The highest BCUT2D eigenvalue weighted by Crippen LogP contribution is 2.26. The molecule has 7 nitrogen and oxygen atoms in total. The van der Waals surface area contributed by atoms with E-state index >= 15 is 0 Å². The van der Waals surface area contributed by atoms with E-state index in [1.54, 1.807) is 6.92 Å². The Morgan fingerprint density at radius 3 is 2.55 bits per heavy atom. The number of hydrogen-bond acceptors (Lipinski definition) is 5. The van der Waals surface area contributed by atoms with Crippen LogP contribution in [-0.4, -0.2) is 59.3 Å². The molecule has 2 heterocycles. The first kappa shape index (κ1) is 14.8. The highest BCUT2D eigenvalue weighted by atomic mass is 16.5. The Labute approximate surface area is 116 Å². The maximum absolute atomic E-state index is 12.3. The van der Waals surface area contributed by atoms with Crippen LogP contribution in [0.5, 0.6) is 0 Å². The van der Waals surface area contributed by atoms with Crippen molar-refractivity contribution < 1.29 is 29.0 Å². The summed E-state index contributed by atoms with van der Waals surface area (Å²) in [4.78, 5) is 36.4. The van der Waals surface area contributed by atoms with Crippen molar-refractivity contribution in [3.05, 3.63) is 0 Å². The minimum absolute atomic E-state index is 0.276. The Morgan fingerprint density at radius 2 is 1.95 bits per heavy atom. The van der Waals surface area contributed by atoms with Crippen molar-refractivity contribution in [2.45, 2.75) is 50.9 Å². The van der Waals surface area contributed by atoms with E-state index in [4.69, 9.17) is 14.6 Å². The van der Waals surface area contributed by atoms with E-state index < -0.39 is 30.2 Å². The minimum atomic E-state index is -1.05. The summed E-state index contributed by atoms with van der Waals surface area (Å²) in [6, 6.07) is -0.560. The SMILES string of the molecule is CCOC(=O)C1CCCN1C(=O)[C@@H]1CC[C@H](C(=O)O)O1. The van der Waals surface area contributed by atoms with Gasteiger partial charge in [0.15, 0.2) is 6.10 Å². The van der Waals surface area contributed by atoms with E-state index in [0.29, 0.717) is 25.8 Å². The monoisotopic (exact) mass is 285 g/mol. The third-order valence-corrected chi connectivity index (χ3v) is 3.67. The standard InChI is InChI=1S/C13H19NO6/c1-2-19-13(18)8-4-3-7-14(8)11(15)9-5-6-10(20-9)12(16)17/h8-10H,2-7H2,1H3,(H,16,17)/t8?,9-,10+/m0/s1.